The molecule has 2 aromatic heterocycles. The lowest BCUT2D eigenvalue weighted by Crippen LogP contribution is -2.16. The van der Waals surface area contributed by atoms with Crippen LogP contribution in [-0.2, 0) is 24.1 Å². The van der Waals surface area contributed by atoms with E-state index in [1.165, 1.54) is 46.9 Å². The Hall–Kier alpha value is -4.10. The van der Waals surface area contributed by atoms with Gasteiger partial charge in [0.15, 0.2) is 0 Å². The zero-order chi connectivity index (χ0) is 25.3. The van der Waals surface area contributed by atoms with Crippen molar-refractivity contribution in [2.75, 3.05) is 10.6 Å². The molecule has 36 heavy (non-hydrogen) atoms. The Kier molecular flexibility index (Phi) is 8.36. The molecule has 0 saturated heterocycles. The number of aromatic nitrogens is 4. The minimum Gasteiger partial charge on any atom is -0.508 e. The molecule has 4 N–H and O–H groups in total. The molecule has 13 heteroatoms. The molecule has 0 aliphatic heterocycles. The number of hydrogen-bond acceptors (Lipinski definition) is 11. The van der Waals surface area contributed by atoms with Gasteiger partial charge in [-0.25, -0.2) is 4.79 Å². The Bertz CT molecular complexity index is 1210. The smallest absolute Gasteiger partial charge is 0.418 e. The number of aromatic hydroxyl groups is 2. The molecule has 0 radical (unpaired) electrons. The first-order valence-electron chi connectivity index (χ1n) is 10.9. The molecule has 2 heterocycles. The van der Waals surface area contributed by atoms with Gasteiger partial charge in [-0.3, -0.25) is 10.1 Å². The summed E-state index contributed by atoms with van der Waals surface area (Å²) < 4.78 is 5.12. The second-order valence-corrected chi connectivity index (χ2v) is 9.73. The fourth-order valence-electron chi connectivity index (χ4n) is 3.06. The van der Waals surface area contributed by atoms with E-state index in [2.05, 4.69) is 31.0 Å². The number of anilines is 2. The summed E-state index contributed by atoms with van der Waals surface area (Å²) in [7, 11) is 0. The molecule has 0 aliphatic rings. The standard InChI is InChI=1S/C23H22N6O5S2/c30-15-7-5-14(6-8-15)13-18(32)24-21-28-26-19(35-21)3-1-2-4-20-27-29-22(36-20)25-23(33)34-17-11-9-16(31)10-12-17/h5-12,30-31H,1-4,13H2,(H,24,28,32)(H,25,29,33). The van der Waals surface area contributed by atoms with Gasteiger partial charge in [-0.2, -0.15) is 0 Å². The number of benzene rings is 2. The number of carbonyl (C=O) groups is 2. The van der Waals surface area contributed by atoms with Crippen LogP contribution in [0.5, 0.6) is 17.2 Å². The van der Waals surface area contributed by atoms with E-state index in [1.54, 1.807) is 24.3 Å². The first-order chi connectivity index (χ1) is 17.4. The summed E-state index contributed by atoms with van der Waals surface area (Å²) >= 11 is 2.61. The third-order valence-corrected chi connectivity index (χ3v) is 6.57. The second-order valence-electron chi connectivity index (χ2n) is 7.61. The molecule has 2 amide bonds. The van der Waals surface area contributed by atoms with Crippen molar-refractivity contribution in [3.05, 3.63) is 64.1 Å². The molecule has 0 saturated carbocycles. The molecule has 0 unspecified atom stereocenters. The zero-order valence-electron chi connectivity index (χ0n) is 18.9. The van der Waals surface area contributed by atoms with E-state index >= 15 is 0 Å². The van der Waals surface area contributed by atoms with Crippen molar-refractivity contribution in [2.45, 2.75) is 32.1 Å². The van der Waals surface area contributed by atoms with Crippen molar-refractivity contribution >= 4 is 44.9 Å². The largest absolute Gasteiger partial charge is 0.508 e. The SMILES string of the molecule is O=C(Cc1ccc(O)cc1)Nc1nnc(CCCCc2nnc(NC(=O)Oc3ccc(O)cc3)s2)s1. The van der Waals surface area contributed by atoms with Crippen LogP contribution in [0.4, 0.5) is 15.1 Å². The number of aryl methyl sites for hydroxylation is 2. The van der Waals surface area contributed by atoms with Crippen LogP contribution in [0.2, 0.25) is 0 Å². The van der Waals surface area contributed by atoms with Crippen molar-refractivity contribution in [1.82, 2.24) is 20.4 Å². The van der Waals surface area contributed by atoms with Crippen molar-refractivity contribution in [2.24, 2.45) is 0 Å². The first-order valence-corrected chi connectivity index (χ1v) is 12.6. The molecular formula is C23H22N6O5S2. The van der Waals surface area contributed by atoms with Crippen molar-refractivity contribution in [3.63, 3.8) is 0 Å². The molecule has 2 aromatic carbocycles. The van der Waals surface area contributed by atoms with Crippen LogP contribution in [0.1, 0.15) is 28.4 Å². The number of unbranched alkanes of at least 4 members (excludes halogenated alkanes) is 1. The summed E-state index contributed by atoms with van der Waals surface area (Å²) in [6.07, 6.45) is 2.60. The van der Waals surface area contributed by atoms with Gasteiger partial charge < -0.3 is 20.3 Å². The van der Waals surface area contributed by atoms with E-state index in [0.717, 1.165) is 28.4 Å². The Morgan fingerprint density at radius 1 is 0.750 bits per heavy atom. The average molecular weight is 527 g/mol. The monoisotopic (exact) mass is 526 g/mol. The van der Waals surface area contributed by atoms with E-state index < -0.39 is 6.09 Å². The molecule has 0 atom stereocenters. The van der Waals surface area contributed by atoms with Crippen LogP contribution in [-0.4, -0.2) is 42.6 Å². The summed E-state index contributed by atoms with van der Waals surface area (Å²) in [5.41, 5.74) is 0.791. The lowest BCUT2D eigenvalue weighted by Gasteiger charge is -2.03. The average Bonchev–Trinajstić information content (AvgIpc) is 3.49. The maximum atomic E-state index is 12.2. The van der Waals surface area contributed by atoms with Crippen LogP contribution in [0.25, 0.3) is 0 Å². The summed E-state index contributed by atoms with van der Waals surface area (Å²) in [5.74, 6) is 0.336. The normalized spacial score (nSPS) is 10.7. The Balaban J connectivity index is 1.15. The lowest BCUT2D eigenvalue weighted by atomic mass is 10.1. The Morgan fingerprint density at radius 3 is 1.86 bits per heavy atom. The van der Waals surface area contributed by atoms with E-state index in [0.29, 0.717) is 28.9 Å². The number of carbonyl (C=O) groups excluding carboxylic acids is 2. The number of nitrogens with one attached hydrogen (secondary N) is 2. The van der Waals surface area contributed by atoms with Gasteiger partial charge in [-0.05, 0) is 54.8 Å². The third kappa shape index (κ3) is 7.71. The van der Waals surface area contributed by atoms with Crippen molar-refractivity contribution in [1.29, 1.82) is 0 Å². The Labute approximate surface area is 213 Å². The van der Waals surface area contributed by atoms with Crippen molar-refractivity contribution in [3.8, 4) is 17.2 Å². The molecule has 11 nitrogen and oxygen atoms in total. The molecular weight excluding hydrogens is 504 g/mol. The molecule has 0 spiro atoms. The third-order valence-electron chi connectivity index (χ3n) is 4.77. The highest BCUT2D eigenvalue weighted by Crippen LogP contribution is 2.21. The van der Waals surface area contributed by atoms with Crippen LogP contribution in [0.3, 0.4) is 0 Å². The summed E-state index contributed by atoms with van der Waals surface area (Å²) in [4.78, 5) is 24.1. The van der Waals surface area contributed by atoms with Gasteiger partial charge in [0.1, 0.15) is 27.3 Å². The molecule has 0 aliphatic carbocycles. The number of phenols is 2. The summed E-state index contributed by atoms with van der Waals surface area (Å²) in [6.45, 7) is 0. The number of hydrogen-bond donors (Lipinski definition) is 4. The highest BCUT2D eigenvalue weighted by atomic mass is 32.1. The van der Waals surface area contributed by atoms with Crippen molar-refractivity contribution < 1.29 is 24.5 Å². The molecule has 186 valence electrons. The number of nitrogens with zero attached hydrogens (tertiary/aromatic N) is 4. The maximum absolute atomic E-state index is 12.2. The minimum atomic E-state index is -0.689. The zero-order valence-corrected chi connectivity index (χ0v) is 20.5. The van der Waals surface area contributed by atoms with Gasteiger partial charge in [0.05, 0.1) is 6.42 Å². The van der Waals surface area contributed by atoms with Gasteiger partial charge in [-0.1, -0.05) is 34.8 Å². The highest BCUT2D eigenvalue weighted by Gasteiger charge is 2.12. The molecule has 0 fully saturated rings. The fraction of sp³-hybridized carbons (Fsp3) is 0.217. The number of ether oxygens (including phenoxy) is 1. The quantitative estimate of drug-likeness (QED) is 0.223. The van der Waals surface area contributed by atoms with Gasteiger partial charge in [0.25, 0.3) is 0 Å². The maximum Gasteiger partial charge on any atom is 0.418 e. The first kappa shape index (κ1) is 25.0. The van der Waals surface area contributed by atoms with Crippen LogP contribution in [0.15, 0.2) is 48.5 Å². The van der Waals surface area contributed by atoms with E-state index in [4.69, 9.17) is 4.74 Å². The predicted octanol–water partition coefficient (Wildman–Crippen LogP) is 4.16. The van der Waals surface area contributed by atoms with E-state index in [1.807, 2.05) is 0 Å². The van der Waals surface area contributed by atoms with Crippen LogP contribution >= 0.6 is 22.7 Å². The molecule has 4 aromatic rings. The fourth-order valence-corrected chi connectivity index (χ4v) is 4.62. The van der Waals surface area contributed by atoms with Gasteiger partial charge in [0.2, 0.25) is 16.2 Å². The van der Waals surface area contributed by atoms with E-state index in [-0.39, 0.29) is 23.8 Å². The van der Waals surface area contributed by atoms with E-state index in [9.17, 15) is 19.8 Å². The topological polar surface area (TPSA) is 159 Å². The highest BCUT2D eigenvalue weighted by molar-refractivity contribution is 7.15. The number of phenolic OH excluding ortho intramolecular Hbond substituents is 2. The second kappa shape index (κ2) is 12.0. The molecule has 0 bridgehead atoms. The predicted molar refractivity (Wildman–Crippen MR) is 135 cm³/mol. The van der Waals surface area contributed by atoms with Crippen LogP contribution in [0, 0.1) is 0 Å². The van der Waals surface area contributed by atoms with Gasteiger partial charge >= 0.3 is 6.09 Å². The number of rotatable bonds is 10. The summed E-state index contributed by atoms with van der Waals surface area (Å²) in [5, 5.41) is 42.5. The van der Waals surface area contributed by atoms with Gasteiger partial charge in [-0.15, -0.1) is 20.4 Å². The number of amides is 2. The Morgan fingerprint density at radius 2 is 1.28 bits per heavy atom. The molecule has 4 rings (SSSR count). The lowest BCUT2D eigenvalue weighted by molar-refractivity contribution is -0.115. The van der Waals surface area contributed by atoms with Crippen LogP contribution < -0.4 is 15.4 Å². The van der Waals surface area contributed by atoms with Gasteiger partial charge in [0, 0.05) is 12.8 Å². The minimum absolute atomic E-state index is 0.0804. The summed E-state index contributed by atoms with van der Waals surface area (Å²) in [6, 6.07) is 12.3.